The van der Waals surface area contributed by atoms with Crippen molar-refractivity contribution in [2.75, 3.05) is 18.8 Å². The van der Waals surface area contributed by atoms with Gasteiger partial charge < -0.3 is 14.6 Å². The summed E-state index contributed by atoms with van der Waals surface area (Å²) in [7, 11) is 0. The number of aryl methyl sites for hydroxylation is 1. The number of amides is 1. The maximum Gasteiger partial charge on any atom is 0.313 e. The average Bonchev–Trinajstić information content (AvgIpc) is 2.76. The Balaban J connectivity index is 2.65. The lowest BCUT2D eigenvalue weighted by Crippen LogP contribution is -2.31. The molecular weight excluding hydrogens is 278 g/mol. The van der Waals surface area contributed by atoms with E-state index in [0.717, 1.165) is 5.69 Å². The third-order valence-electron chi connectivity index (χ3n) is 3.01. The number of carbonyl (C=O) groups is 2. The Morgan fingerprint density at radius 2 is 2.05 bits per heavy atom. The lowest BCUT2D eigenvalue weighted by atomic mass is 10.3. The number of carbonyl (C=O) groups excluding carboxylic acids is 1. The number of hydrogen-bond donors (Lipinski definition) is 1. The number of rotatable bonds is 8. The Kier molecular flexibility index (Phi) is 6.57. The number of carboxylic acid groups (broad SMARTS) is 1. The van der Waals surface area contributed by atoms with Gasteiger partial charge >= 0.3 is 5.97 Å². The minimum absolute atomic E-state index is 0.0273. The van der Waals surface area contributed by atoms with Gasteiger partial charge in [0.15, 0.2) is 5.16 Å². The highest BCUT2D eigenvalue weighted by atomic mass is 32.2. The Labute approximate surface area is 123 Å². The fraction of sp³-hybridized carbons (Fsp3) is 0.615. The Morgan fingerprint density at radius 3 is 2.60 bits per heavy atom. The van der Waals surface area contributed by atoms with Crippen LogP contribution >= 0.6 is 11.8 Å². The molecule has 0 bridgehead atoms. The molecule has 112 valence electrons. The fourth-order valence-electron chi connectivity index (χ4n) is 1.89. The number of imidazole rings is 1. The van der Waals surface area contributed by atoms with Gasteiger partial charge in [0.05, 0.1) is 5.75 Å². The van der Waals surface area contributed by atoms with Crippen LogP contribution in [-0.2, 0) is 16.1 Å². The standard InChI is InChI=1S/C13H21N3O3S/c1-4-15(5-2)11(17)6-7-16-10(3)8-14-13(16)20-9-12(18)19/h8H,4-7,9H2,1-3H3,(H,18,19). The predicted molar refractivity (Wildman–Crippen MR) is 77.9 cm³/mol. The van der Waals surface area contributed by atoms with E-state index in [9.17, 15) is 9.59 Å². The largest absolute Gasteiger partial charge is 0.481 e. The highest BCUT2D eigenvalue weighted by Gasteiger charge is 2.13. The molecule has 0 unspecified atom stereocenters. The summed E-state index contributed by atoms with van der Waals surface area (Å²) in [5.74, 6) is -0.792. The molecule has 0 fully saturated rings. The first-order valence-electron chi connectivity index (χ1n) is 6.64. The van der Waals surface area contributed by atoms with Gasteiger partial charge in [-0.2, -0.15) is 0 Å². The summed E-state index contributed by atoms with van der Waals surface area (Å²) in [6, 6.07) is 0. The molecule has 7 heteroatoms. The van der Waals surface area contributed by atoms with E-state index < -0.39 is 5.97 Å². The third-order valence-corrected chi connectivity index (χ3v) is 3.98. The van der Waals surface area contributed by atoms with Crippen LogP contribution in [0, 0.1) is 6.92 Å². The van der Waals surface area contributed by atoms with Crippen molar-refractivity contribution in [3.8, 4) is 0 Å². The molecule has 1 aromatic rings. The molecule has 20 heavy (non-hydrogen) atoms. The molecule has 0 aliphatic carbocycles. The number of thioether (sulfide) groups is 1. The monoisotopic (exact) mass is 299 g/mol. The SMILES string of the molecule is CCN(CC)C(=O)CCn1c(C)cnc1SCC(=O)O. The number of hydrogen-bond acceptors (Lipinski definition) is 4. The minimum Gasteiger partial charge on any atom is -0.481 e. The van der Waals surface area contributed by atoms with Crippen LogP contribution in [0.3, 0.4) is 0 Å². The molecule has 1 aromatic heterocycles. The number of nitrogens with zero attached hydrogens (tertiary/aromatic N) is 3. The van der Waals surface area contributed by atoms with Crippen molar-refractivity contribution >= 4 is 23.6 Å². The van der Waals surface area contributed by atoms with E-state index in [2.05, 4.69) is 4.98 Å². The maximum absolute atomic E-state index is 12.0. The Hall–Kier alpha value is -1.50. The van der Waals surface area contributed by atoms with Gasteiger partial charge in [0.1, 0.15) is 0 Å². The van der Waals surface area contributed by atoms with E-state index in [1.165, 1.54) is 11.8 Å². The summed E-state index contributed by atoms with van der Waals surface area (Å²) < 4.78 is 1.90. The van der Waals surface area contributed by atoms with Gasteiger partial charge in [-0.1, -0.05) is 11.8 Å². The van der Waals surface area contributed by atoms with Gasteiger partial charge in [-0.3, -0.25) is 9.59 Å². The smallest absolute Gasteiger partial charge is 0.313 e. The van der Waals surface area contributed by atoms with Crippen LogP contribution in [0.25, 0.3) is 0 Å². The van der Waals surface area contributed by atoms with E-state index in [4.69, 9.17) is 5.11 Å². The summed E-state index contributed by atoms with van der Waals surface area (Å²) in [4.78, 5) is 28.6. The molecule has 0 radical (unpaired) electrons. The summed E-state index contributed by atoms with van der Waals surface area (Å²) >= 11 is 1.17. The van der Waals surface area contributed by atoms with Crippen LogP contribution in [0.2, 0.25) is 0 Å². The highest BCUT2D eigenvalue weighted by molar-refractivity contribution is 7.99. The molecule has 1 N–H and O–H groups in total. The van der Waals surface area contributed by atoms with Crippen molar-refractivity contribution in [2.45, 2.75) is 38.9 Å². The average molecular weight is 299 g/mol. The van der Waals surface area contributed by atoms with Gasteiger partial charge in [-0.05, 0) is 20.8 Å². The molecule has 0 aliphatic rings. The van der Waals surface area contributed by atoms with Crippen molar-refractivity contribution in [3.05, 3.63) is 11.9 Å². The van der Waals surface area contributed by atoms with Crippen molar-refractivity contribution in [3.63, 3.8) is 0 Å². The molecule has 6 nitrogen and oxygen atoms in total. The molecule has 0 spiro atoms. The van der Waals surface area contributed by atoms with E-state index in [-0.39, 0.29) is 11.7 Å². The summed E-state index contributed by atoms with van der Waals surface area (Å²) in [6.45, 7) is 7.76. The summed E-state index contributed by atoms with van der Waals surface area (Å²) in [6.07, 6.45) is 2.10. The van der Waals surface area contributed by atoms with Gasteiger partial charge in [0, 0.05) is 37.9 Å². The summed E-state index contributed by atoms with van der Waals surface area (Å²) in [5.41, 5.74) is 0.935. The van der Waals surface area contributed by atoms with Crippen LogP contribution in [0.5, 0.6) is 0 Å². The fourth-order valence-corrected chi connectivity index (χ4v) is 2.67. The lowest BCUT2D eigenvalue weighted by Gasteiger charge is -2.19. The Bertz CT molecular complexity index is 469. The molecule has 0 saturated heterocycles. The number of carboxylic acids is 1. The second kappa shape index (κ2) is 7.94. The Morgan fingerprint density at radius 1 is 1.40 bits per heavy atom. The van der Waals surface area contributed by atoms with Crippen molar-refractivity contribution in [1.82, 2.24) is 14.5 Å². The molecule has 0 saturated carbocycles. The first-order chi connectivity index (χ1) is 9.49. The van der Waals surface area contributed by atoms with E-state index >= 15 is 0 Å². The minimum atomic E-state index is -0.874. The van der Waals surface area contributed by atoms with Gasteiger partial charge in [-0.25, -0.2) is 4.98 Å². The normalized spacial score (nSPS) is 10.6. The first-order valence-corrected chi connectivity index (χ1v) is 7.62. The van der Waals surface area contributed by atoms with E-state index in [1.807, 2.05) is 25.3 Å². The van der Waals surface area contributed by atoms with Crippen LogP contribution in [0.15, 0.2) is 11.4 Å². The molecule has 0 atom stereocenters. The van der Waals surface area contributed by atoms with Crippen LogP contribution in [0.4, 0.5) is 0 Å². The molecule has 1 rings (SSSR count). The van der Waals surface area contributed by atoms with Crippen molar-refractivity contribution in [2.24, 2.45) is 0 Å². The zero-order valence-corrected chi connectivity index (χ0v) is 12.9. The molecule has 1 heterocycles. The molecule has 0 aliphatic heterocycles. The summed E-state index contributed by atoms with van der Waals surface area (Å²) in [5, 5.41) is 9.36. The number of aliphatic carboxylic acids is 1. The number of aromatic nitrogens is 2. The van der Waals surface area contributed by atoms with Gasteiger partial charge in [0.2, 0.25) is 5.91 Å². The second-order valence-electron chi connectivity index (χ2n) is 4.33. The first kappa shape index (κ1) is 16.6. The predicted octanol–water partition coefficient (Wildman–Crippen LogP) is 1.63. The highest BCUT2D eigenvalue weighted by Crippen LogP contribution is 2.18. The van der Waals surface area contributed by atoms with Crippen molar-refractivity contribution in [1.29, 1.82) is 0 Å². The third kappa shape index (κ3) is 4.56. The maximum atomic E-state index is 12.0. The van der Waals surface area contributed by atoms with Crippen LogP contribution < -0.4 is 0 Å². The topological polar surface area (TPSA) is 75.4 Å². The van der Waals surface area contributed by atoms with Crippen LogP contribution in [0.1, 0.15) is 26.0 Å². The van der Waals surface area contributed by atoms with Crippen LogP contribution in [-0.4, -0.2) is 50.3 Å². The molecule has 1 amide bonds. The second-order valence-corrected chi connectivity index (χ2v) is 5.27. The zero-order valence-electron chi connectivity index (χ0n) is 12.1. The van der Waals surface area contributed by atoms with Gasteiger partial charge in [0.25, 0.3) is 0 Å². The zero-order chi connectivity index (χ0) is 15.1. The van der Waals surface area contributed by atoms with Crippen molar-refractivity contribution < 1.29 is 14.7 Å². The van der Waals surface area contributed by atoms with E-state index in [1.54, 1.807) is 11.1 Å². The molecular formula is C13H21N3O3S. The van der Waals surface area contributed by atoms with Gasteiger partial charge in [-0.15, -0.1) is 0 Å². The lowest BCUT2D eigenvalue weighted by molar-refractivity contribution is -0.134. The molecule has 0 aromatic carbocycles. The van der Waals surface area contributed by atoms with E-state index in [0.29, 0.717) is 31.2 Å². The quantitative estimate of drug-likeness (QED) is 0.738.